The molecule has 6 rings (SSSR count). The minimum atomic E-state index is -1.16. The zero-order chi connectivity index (χ0) is 23.3. The van der Waals surface area contributed by atoms with Gasteiger partial charge >= 0.3 is 207 Å². The monoisotopic (exact) mass is 577 g/mol. The molecule has 2 aromatic carbocycles. The number of likely N-dealkylation sites (N-methyl/N-ethyl adjacent to an activating group) is 1. The van der Waals surface area contributed by atoms with E-state index >= 15 is 0 Å². The molecule has 3 aromatic rings. The van der Waals surface area contributed by atoms with E-state index in [1.54, 1.807) is 0 Å². The van der Waals surface area contributed by atoms with Crippen LogP contribution in [0.15, 0.2) is 57.8 Å². The molecule has 3 aliphatic rings. The fourth-order valence-electron chi connectivity index (χ4n) is 6.40. The van der Waals surface area contributed by atoms with Gasteiger partial charge in [0.05, 0.1) is 0 Å². The van der Waals surface area contributed by atoms with Gasteiger partial charge in [-0.3, -0.25) is 0 Å². The molecule has 2 aliphatic heterocycles. The van der Waals surface area contributed by atoms with E-state index < -0.39 is 48.4 Å². The predicted octanol–water partition coefficient (Wildman–Crippen LogP) is -1.15. The van der Waals surface area contributed by atoms with Crippen molar-refractivity contribution in [2.24, 2.45) is 0 Å². The summed E-state index contributed by atoms with van der Waals surface area (Å²) in [5.74, 6) is -0.919. The Morgan fingerprint density at radius 3 is 2.61 bits per heavy atom. The number of aromatic nitrogens is 1. The Morgan fingerprint density at radius 1 is 1.15 bits per heavy atom. The van der Waals surface area contributed by atoms with Gasteiger partial charge in [-0.25, -0.2) is 0 Å². The van der Waals surface area contributed by atoms with Crippen LogP contribution in [0.2, 0.25) is 5.02 Å². The maximum absolute atomic E-state index is 14.2. The molecule has 0 bridgehead atoms. The van der Waals surface area contributed by atoms with E-state index in [-0.39, 0.29) is 20.9 Å². The number of benzene rings is 2. The van der Waals surface area contributed by atoms with E-state index in [4.69, 9.17) is 16.1 Å². The summed E-state index contributed by atoms with van der Waals surface area (Å²) in [7, 11) is 2.01. The summed E-state index contributed by atoms with van der Waals surface area (Å²) in [5.41, 5.74) is 2.63. The normalized spacial score (nSPS) is 34.0. The van der Waals surface area contributed by atoms with Gasteiger partial charge in [-0.15, -0.1) is 0 Å². The molecule has 5 unspecified atom stereocenters. The first kappa shape index (κ1) is 21.7. The number of nitrogens with zero attached hydrogens (tertiary/aromatic N) is 1. The molecule has 8 heteroatoms. The number of alkyl halides is 2. The van der Waals surface area contributed by atoms with Gasteiger partial charge in [0.1, 0.15) is 0 Å². The molecule has 174 valence electrons. The van der Waals surface area contributed by atoms with Crippen LogP contribution in [0.5, 0.6) is 0 Å². The summed E-state index contributed by atoms with van der Waals surface area (Å²) in [6.45, 7) is 4.29. The van der Waals surface area contributed by atoms with Crippen molar-refractivity contribution >= 4 is 17.3 Å². The Bertz CT molecular complexity index is 1310. The van der Waals surface area contributed by atoms with Gasteiger partial charge in [0.25, 0.3) is 0 Å². The third-order valence-electron chi connectivity index (χ3n) is 7.74. The predicted molar refractivity (Wildman–Crippen MR) is 118 cm³/mol. The van der Waals surface area contributed by atoms with Crippen LogP contribution in [0.4, 0.5) is 5.69 Å². The van der Waals surface area contributed by atoms with E-state index in [2.05, 4.69) is 23.9 Å². The number of aromatic amines is 1. The summed E-state index contributed by atoms with van der Waals surface area (Å²) in [5, 5.41) is 31.2. The Labute approximate surface area is 206 Å². The van der Waals surface area contributed by atoms with E-state index in [0.29, 0.717) is 10.7 Å². The first-order valence-electron chi connectivity index (χ1n) is 11.0. The topological polar surface area (TPSA) is 95.4 Å². The summed E-state index contributed by atoms with van der Waals surface area (Å²) in [4.78, 5) is 14.9. The molecule has 6 nitrogen and oxygen atoms in total. The third kappa shape index (κ3) is 2.76. The van der Waals surface area contributed by atoms with Crippen LogP contribution in [0.3, 0.4) is 0 Å². The second-order valence-corrected chi connectivity index (χ2v) is 14.1. The molecule has 1 N–H and O–H groups in total. The van der Waals surface area contributed by atoms with Crippen LogP contribution in [0.1, 0.15) is 30.9 Å². The molecular formula is C25H23ClIN2O4-3. The van der Waals surface area contributed by atoms with Gasteiger partial charge < -0.3 is 0 Å². The SMILES string of the molecule is CN1c2ccc(Cl)cc2C(C)(C)C1C12[I-]C1C([O-])C(c1c(-c3ccccc3)[nH]oc1=O)[C@@H]2[O-]. The summed E-state index contributed by atoms with van der Waals surface area (Å²) >= 11 is 5.71. The second kappa shape index (κ2) is 7.10. The molecule has 0 radical (unpaired) electrons. The van der Waals surface area contributed by atoms with Gasteiger partial charge in [0.2, 0.25) is 0 Å². The summed E-state index contributed by atoms with van der Waals surface area (Å²) in [6, 6.07) is 15.0. The summed E-state index contributed by atoms with van der Waals surface area (Å²) < 4.78 is 4.35. The third-order valence-corrected chi connectivity index (χ3v) is 12.7. The Hall–Kier alpha value is -1.81. The van der Waals surface area contributed by atoms with Crippen LogP contribution in [0, 0.1) is 0 Å². The molecule has 1 saturated heterocycles. The molecule has 0 amide bonds. The fraction of sp³-hybridized carbons (Fsp3) is 0.400. The molecule has 0 spiro atoms. The van der Waals surface area contributed by atoms with E-state index in [0.717, 1.165) is 16.8 Å². The zero-order valence-electron chi connectivity index (χ0n) is 18.3. The number of fused-ring (bicyclic) bond motifs is 2. The molecule has 2 fully saturated rings. The number of anilines is 1. The van der Waals surface area contributed by atoms with Crippen molar-refractivity contribution in [3.63, 3.8) is 0 Å². The number of H-pyrrole nitrogens is 1. The average Bonchev–Trinajstić information content (AvgIpc) is 3.29. The van der Waals surface area contributed by atoms with Gasteiger partial charge in [0, 0.05) is 0 Å². The molecule has 1 aliphatic carbocycles. The zero-order valence-corrected chi connectivity index (χ0v) is 21.3. The van der Waals surface area contributed by atoms with E-state index in [9.17, 15) is 15.0 Å². The maximum atomic E-state index is 14.2. The molecule has 1 saturated carbocycles. The van der Waals surface area contributed by atoms with Crippen molar-refractivity contribution in [1.82, 2.24) is 5.16 Å². The van der Waals surface area contributed by atoms with Crippen molar-refractivity contribution in [2.75, 3.05) is 11.9 Å². The molecule has 3 heterocycles. The van der Waals surface area contributed by atoms with Crippen LogP contribution >= 0.6 is 11.6 Å². The van der Waals surface area contributed by atoms with Crippen molar-refractivity contribution < 1.29 is 35.9 Å². The summed E-state index contributed by atoms with van der Waals surface area (Å²) in [6.07, 6.45) is -2.26. The molecule has 1 aromatic heterocycles. The number of rotatable bonds is 3. The fourth-order valence-corrected chi connectivity index (χ4v) is 11.7. The van der Waals surface area contributed by atoms with Crippen molar-refractivity contribution in [2.45, 2.75) is 50.8 Å². The molecule has 6 atom stereocenters. The van der Waals surface area contributed by atoms with Gasteiger partial charge in [-0.1, -0.05) is 0 Å². The standard InChI is InChI=1S/C25H23ClIN2O4/c1-24(2)14-11-13(26)9-10-15(14)29(3)23(24)25-20(27-25)19(30)17(21(25)31)16-18(28-33-22(16)32)12-7-5-4-6-8-12/h4-11,17,19-21,23,28H,1-3H3/q-3/t17?,19?,20?,21-,23?,25?/m0/s1. The van der Waals surface area contributed by atoms with Crippen LogP contribution in [0.25, 0.3) is 11.3 Å². The van der Waals surface area contributed by atoms with Crippen molar-refractivity contribution in [1.29, 1.82) is 0 Å². The van der Waals surface area contributed by atoms with Crippen LogP contribution in [-0.4, -0.2) is 37.8 Å². The Morgan fingerprint density at radius 2 is 1.88 bits per heavy atom. The van der Waals surface area contributed by atoms with Crippen molar-refractivity contribution in [3.05, 3.63) is 75.1 Å². The van der Waals surface area contributed by atoms with E-state index in [1.165, 1.54) is 0 Å². The van der Waals surface area contributed by atoms with Crippen LogP contribution < -0.4 is 41.9 Å². The van der Waals surface area contributed by atoms with E-state index in [1.807, 2.05) is 55.6 Å². The first-order chi connectivity index (χ1) is 15.7. The Balaban J connectivity index is 1.44. The van der Waals surface area contributed by atoms with Crippen LogP contribution in [-0.2, 0) is 5.41 Å². The van der Waals surface area contributed by atoms with Gasteiger partial charge in [0.15, 0.2) is 0 Å². The van der Waals surface area contributed by atoms with Gasteiger partial charge in [-0.2, -0.15) is 0 Å². The molecular weight excluding hydrogens is 555 g/mol. The van der Waals surface area contributed by atoms with Gasteiger partial charge in [-0.05, 0) is 0 Å². The Kier molecular flexibility index (Phi) is 4.67. The number of nitrogens with one attached hydrogen (secondary N) is 1. The second-order valence-electron chi connectivity index (χ2n) is 9.79. The first-order valence-corrected chi connectivity index (χ1v) is 13.7. The number of hydrogen-bond acceptors (Lipinski definition) is 5. The molecule has 33 heavy (non-hydrogen) atoms. The number of hydrogen-bond donors (Lipinski definition) is 1. The number of halogens is 2. The average molecular weight is 578 g/mol. The van der Waals surface area contributed by atoms with Crippen molar-refractivity contribution in [3.8, 4) is 11.3 Å². The minimum absolute atomic E-state index is 0.105. The quantitative estimate of drug-likeness (QED) is 0.314.